The molecule has 6 rings (SSSR count). The van der Waals surface area contributed by atoms with E-state index in [0.717, 1.165) is 67.5 Å². The number of carbonyl (C=O) groups is 1. The molecule has 39 heavy (non-hydrogen) atoms. The molecule has 1 N–H and O–H groups in total. The van der Waals surface area contributed by atoms with Crippen molar-refractivity contribution in [3.05, 3.63) is 81.9 Å². The predicted octanol–water partition coefficient (Wildman–Crippen LogP) is 5.66. The van der Waals surface area contributed by atoms with Crippen molar-refractivity contribution in [1.82, 2.24) is 14.5 Å². The largest absolute Gasteiger partial charge is 0.478 e. The number of ether oxygens (including phenoxy) is 3. The van der Waals surface area contributed by atoms with Gasteiger partial charge in [0.1, 0.15) is 5.82 Å². The number of hydrogen-bond donors (Lipinski definition) is 1. The van der Waals surface area contributed by atoms with Crippen LogP contribution in [0.25, 0.3) is 6.08 Å². The van der Waals surface area contributed by atoms with E-state index in [-0.39, 0.29) is 11.7 Å². The van der Waals surface area contributed by atoms with Crippen molar-refractivity contribution in [2.75, 3.05) is 19.7 Å². The highest BCUT2D eigenvalue weighted by atomic mass is 35.5. The Kier molecular flexibility index (Phi) is 7.34. The maximum atomic E-state index is 11.4. The Labute approximate surface area is 232 Å². The van der Waals surface area contributed by atoms with Crippen LogP contribution in [0.5, 0.6) is 11.5 Å². The number of carboxylic acids is 1. The van der Waals surface area contributed by atoms with Crippen LogP contribution >= 0.6 is 11.6 Å². The van der Waals surface area contributed by atoms with Crippen LogP contribution in [0.3, 0.4) is 0 Å². The molecule has 0 radical (unpaired) electrons. The van der Waals surface area contributed by atoms with Crippen molar-refractivity contribution in [2.24, 2.45) is 0 Å². The zero-order valence-corrected chi connectivity index (χ0v) is 22.6. The standard InChI is InChI=1S/C30H32ClN3O5/c1-19(29(35)36)15-23-16-32-27(34(23)17-24-11-14-37-24)18-33-12-9-20(10-13-33)25-3-2-4-26-28(25)39-30(38-26)21-5-7-22(31)8-6-21/h2-8,15-16,20,24,30H,9-14,17-18H2,1H3,(H,35,36)/b19-15+/t24-,30-/m0/s1. The SMILES string of the molecule is C/C(=C\c1cnc(CN2CCC(c3cccc4c3O[C@@H](c3ccc(Cl)cc3)O4)CC2)n1C[C@@H]1CCO1)C(=O)O. The van der Waals surface area contributed by atoms with E-state index in [0.29, 0.717) is 24.0 Å². The lowest BCUT2D eigenvalue weighted by Gasteiger charge is -2.33. The summed E-state index contributed by atoms with van der Waals surface area (Å²) in [5.74, 6) is 2.03. The summed E-state index contributed by atoms with van der Waals surface area (Å²) in [6.45, 7) is 5.65. The van der Waals surface area contributed by atoms with Crippen molar-refractivity contribution >= 4 is 23.6 Å². The van der Waals surface area contributed by atoms with Crippen LogP contribution in [0.4, 0.5) is 0 Å². The Morgan fingerprint density at radius 3 is 2.59 bits per heavy atom. The number of carboxylic acid groups (broad SMARTS) is 1. The van der Waals surface area contributed by atoms with E-state index in [1.807, 2.05) is 36.4 Å². The van der Waals surface area contributed by atoms with Gasteiger partial charge in [-0.2, -0.15) is 0 Å². The summed E-state index contributed by atoms with van der Waals surface area (Å²) >= 11 is 6.05. The second-order valence-corrected chi connectivity index (χ2v) is 10.9. The number of fused-ring (bicyclic) bond motifs is 1. The first-order chi connectivity index (χ1) is 18.9. The smallest absolute Gasteiger partial charge is 0.331 e. The Hall–Kier alpha value is -3.33. The molecule has 2 saturated heterocycles. The number of hydrogen-bond acceptors (Lipinski definition) is 6. The van der Waals surface area contributed by atoms with Crippen molar-refractivity contribution < 1.29 is 24.1 Å². The van der Waals surface area contributed by atoms with Crippen molar-refractivity contribution in [3.63, 3.8) is 0 Å². The molecule has 1 aromatic heterocycles. The first-order valence-corrected chi connectivity index (χ1v) is 13.8. The summed E-state index contributed by atoms with van der Waals surface area (Å²) in [4.78, 5) is 18.5. The number of piperidine rings is 1. The molecule has 2 aromatic carbocycles. The lowest BCUT2D eigenvalue weighted by Crippen LogP contribution is -2.35. The molecule has 0 aliphatic carbocycles. The van der Waals surface area contributed by atoms with Gasteiger partial charge in [-0.05, 0) is 69.5 Å². The first kappa shape index (κ1) is 25.9. The van der Waals surface area contributed by atoms with Crippen molar-refractivity contribution in [3.8, 4) is 11.5 Å². The average molecular weight is 550 g/mol. The van der Waals surface area contributed by atoms with Gasteiger partial charge in [-0.3, -0.25) is 4.90 Å². The minimum atomic E-state index is -0.924. The molecular weight excluding hydrogens is 518 g/mol. The van der Waals surface area contributed by atoms with Gasteiger partial charge in [-0.1, -0.05) is 35.9 Å². The Bertz CT molecular complexity index is 1370. The van der Waals surface area contributed by atoms with Crippen molar-refractivity contribution in [2.45, 2.75) is 57.6 Å². The van der Waals surface area contributed by atoms with Gasteiger partial charge in [0.25, 0.3) is 6.29 Å². The number of benzene rings is 2. The summed E-state index contributed by atoms with van der Waals surface area (Å²) in [6.07, 6.45) is 6.17. The zero-order valence-electron chi connectivity index (χ0n) is 21.9. The lowest BCUT2D eigenvalue weighted by molar-refractivity contribution is -0.132. The number of likely N-dealkylation sites (tertiary alicyclic amines) is 1. The van der Waals surface area contributed by atoms with Gasteiger partial charge in [0.15, 0.2) is 11.5 Å². The molecule has 8 nitrogen and oxygen atoms in total. The second-order valence-electron chi connectivity index (χ2n) is 10.5. The number of aromatic nitrogens is 2. The maximum Gasteiger partial charge on any atom is 0.331 e. The highest BCUT2D eigenvalue weighted by Gasteiger charge is 2.32. The van der Waals surface area contributed by atoms with Gasteiger partial charge in [-0.25, -0.2) is 9.78 Å². The fourth-order valence-corrected chi connectivity index (χ4v) is 5.60. The topological polar surface area (TPSA) is 86.0 Å². The number of halogens is 1. The maximum absolute atomic E-state index is 11.4. The van der Waals surface area contributed by atoms with Gasteiger partial charge in [0.2, 0.25) is 0 Å². The first-order valence-electron chi connectivity index (χ1n) is 13.5. The van der Waals surface area contributed by atoms with Gasteiger partial charge >= 0.3 is 5.97 Å². The van der Waals surface area contributed by atoms with Gasteiger partial charge in [-0.15, -0.1) is 0 Å². The van der Waals surface area contributed by atoms with Gasteiger partial charge in [0, 0.05) is 28.3 Å². The molecule has 2 fully saturated rings. The fourth-order valence-electron chi connectivity index (χ4n) is 5.47. The Morgan fingerprint density at radius 1 is 1.13 bits per heavy atom. The van der Waals surface area contributed by atoms with Crippen LogP contribution < -0.4 is 9.47 Å². The molecule has 3 aromatic rings. The van der Waals surface area contributed by atoms with Crippen molar-refractivity contribution in [1.29, 1.82) is 0 Å². The summed E-state index contributed by atoms with van der Waals surface area (Å²) in [5, 5.41) is 10.0. The van der Waals surface area contributed by atoms with Crippen LogP contribution in [0.15, 0.2) is 54.2 Å². The van der Waals surface area contributed by atoms with E-state index in [1.165, 1.54) is 5.56 Å². The molecular formula is C30H32ClN3O5. The minimum absolute atomic E-state index is 0.153. The molecule has 2 atom stereocenters. The van der Waals surface area contributed by atoms with Crippen LogP contribution in [-0.4, -0.2) is 51.3 Å². The van der Waals surface area contributed by atoms with Crippen LogP contribution in [0, 0.1) is 0 Å². The number of imidazole rings is 1. The third-order valence-corrected chi connectivity index (χ3v) is 8.11. The molecule has 0 saturated carbocycles. The number of aliphatic carboxylic acids is 1. The molecule has 204 valence electrons. The van der Waals surface area contributed by atoms with Crippen LogP contribution in [0.2, 0.25) is 5.02 Å². The van der Waals surface area contributed by atoms with Gasteiger partial charge in [0.05, 0.1) is 31.1 Å². The Morgan fingerprint density at radius 2 is 1.90 bits per heavy atom. The van der Waals surface area contributed by atoms with E-state index in [4.69, 9.17) is 25.8 Å². The Balaban J connectivity index is 1.13. The molecule has 0 spiro atoms. The van der Waals surface area contributed by atoms with Gasteiger partial charge < -0.3 is 23.9 Å². The molecule has 0 unspecified atom stereocenters. The molecule has 3 aliphatic rings. The number of nitrogens with zero attached hydrogens (tertiary/aromatic N) is 3. The van der Waals surface area contributed by atoms with E-state index in [9.17, 15) is 9.90 Å². The average Bonchev–Trinajstić information content (AvgIpc) is 3.51. The molecule has 9 heteroatoms. The fraction of sp³-hybridized carbons (Fsp3) is 0.400. The van der Waals surface area contributed by atoms with E-state index in [2.05, 4.69) is 20.5 Å². The predicted molar refractivity (Wildman–Crippen MR) is 147 cm³/mol. The summed E-state index contributed by atoms with van der Waals surface area (Å²) in [6, 6.07) is 13.7. The molecule has 0 amide bonds. The third-order valence-electron chi connectivity index (χ3n) is 7.85. The highest BCUT2D eigenvalue weighted by Crippen LogP contribution is 2.47. The number of rotatable bonds is 8. The van der Waals surface area contributed by atoms with E-state index in [1.54, 1.807) is 19.2 Å². The van der Waals surface area contributed by atoms with E-state index >= 15 is 0 Å². The molecule has 0 bridgehead atoms. The van der Waals surface area contributed by atoms with Crippen LogP contribution in [-0.2, 0) is 22.6 Å². The zero-order chi connectivity index (χ0) is 26.9. The van der Waals surface area contributed by atoms with E-state index < -0.39 is 12.3 Å². The lowest BCUT2D eigenvalue weighted by atomic mass is 9.88. The third kappa shape index (κ3) is 5.55. The number of para-hydroxylation sites is 1. The monoisotopic (exact) mass is 549 g/mol. The summed E-state index contributed by atoms with van der Waals surface area (Å²) in [7, 11) is 0. The highest BCUT2D eigenvalue weighted by molar-refractivity contribution is 6.30. The van der Waals surface area contributed by atoms with Crippen LogP contribution in [0.1, 0.15) is 61.0 Å². The molecule has 4 heterocycles. The minimum Gasteiger partial charge on any atom is -0.478 e. The second kappa shape index (κ2) is 11.0. The molecule has 3 aliphatic heterocycles. The summed E-state index contributed by atoms with van der Waals surface area (Å²) < 4.78 is 20.2. The quantitative estimate of drug-likeness (QED) is 0.363. The summed E-state index contributed by atoms with van der Waals surface area (Å²) in [5.41, 5.74) is 3.23. The normalized spacial score (nSPS) is 21.6.